The van der Waals surface area contributed by atoms with Gasteiger partial charge in [-0.2, -0.15) is 0 Å². The minimum absolute atomic E-state index is 0.146. The van der Waals surface area contributed by atoms with E-state index < -0.39 is 0 Å². The van der Waals surface area contributed by atoms with Crippen LogP contribution in [0.5, 0.6) is 0 Å². The molecule has 6 nitrogen and oxygen atoms in total. The van der Waals surface area contributed by atoms with Gasteiger partial charge in [-0.1, -0.05) is 25.7 Å². The van der Waals surface area contributed by atoms with Crippen molar-refractivity contribution in [2.75, 3.05) is 52.5 Å². The molecule has 0 spiro atoms. The first kappa shape index (κ1) is 21.6. The lowest BCUT2D eigenvalue weighted by Crippen LogP contribution is -2.51. The van der Waals surface area contributed by atoms with Crippen molar-refractivity contribution in [1.29, 1.82) is 0 Å². The maximum atomic E-state index is 12.7. The Bertz CT molecular complexity index is 501. The van der Waals surface area contributed by atoms with Gasteiger partial charge in [0.05, 0.1) is 13.2 Å². The molecule has 0 aromatic rings. The zero-order valence-electron chi connectivity index (χ0n) is 17.7. The molecule has 0 aromatic carbocycles. The van der Waals surface area contributed by atoms with Crippen LogP contribution in [0.3, 0.4) is 0 Å². The third kappa shape index (κ3) is 6.45. The molecule has 2 amide bonds. The number of rotatable bonds is 8. The lowest BCUT2D eigenvalue weighted by molar-refractivity contribution is -0.138. The van der Waals surface area contributed by atoms with E-state index in [9.17, 15) is 9.59 Å². The van der Waals surface area contributed by atoms with Crippen LogP contribution in [0.25, 0.3) is 0 Å². The van der Waals surface area contributed by atoms with E-state index in [1.165, 1.54) is 25.7 Å². The van der Waals surface area contributed by atoms with Crippen LogP contribution in [0.4, 0.5) is 0 Å². The van der Waals surface area contributed by atoms with E-state index in [4.69, 9.17) is 4.74 Å². The van der Waals surface area contributed by atoms with E-state index in [0.717, 1.165) is 84.1 Å². The number of hydrogen-bond acceptors (Lipinski definition) is 4. The van der Waals surface area contributed by atoms with E-state index in [0.29, 0.717) is 12.3 Å². The standard InChI is InChI=1S/C22H39N3O3/c1-19(26)25(13-5-11-23-14-16-28-17-15-23)21-8-4-12-24(18-21)22(27)10-9-20-6-2-3-7-20/h20-21H,2-18H2,1H3. The maximum absolute atomic E-state index is 12.7. The van der Waals surface area contributed by atoms with Crippen molar-refractivity contribution < 1.29 is 14.3 Å². The second-order valence-corrected chi connectivity index (χ2v) is 8.84. The van der Waals surface area contributed by atoms with E-state index in [-0.39, 0.29) is 11.9 Å². The molecule has 1 saturated carbocycles. The molecule has 6 heteroatoms. The van der Waals surface area contributed by atoms with Gasteiger partial charge in [-0.3, -0.25) is 14.5 Å². The van der Waals surface area contributed by atoms with Gasteiger partial charge in [0.2, 0.25) is 11.8 Å². The van der Waals surface area contributed by atoms with Crippen LogP contribution in [0.2, 0.25) is 0 Å². The molecule has 2 heterocycles. The molecule has 0 N–H and O–H groups in total. The van der Waals surface area contributed by atoms with Crippen molar-refractivity contribution in [3.8, 4) is 0 Å². The first-order chi connectivity index (χ1) is 13.6. The molecule has 0 bridgehead atoms. The summed E-state index contributed by atoms with van der Waals surface area (Å²) in [5.41, 5.74) is 0. The predicted molar refractivity (Wildman–Crippen MR) is 110 cm³/mol. The smallest absolute Gasteiger partial charge is 0.222 e. The molecular weight excluding hydrogens is 354 g/mol. The normalized spacial score (nSPS) is 24.5. The summed E-state index contributed by atoms with van der Waals surface area (Å²) in [6, 6.07) is 0.186. The van der Waals surface area contributed by atoms with Gasteiger partial charge in [-0.15, -0.1) is 0 Å². The van der Waals surface area contributed by atoms with E-state index in [2.05, 4.69) is 4.90 Å². The average molecular weight is 394 g/mol. The highest BCUT2D eigenvalue weighted by atomic mass is 16.5. The number of morpholine rings is 1. The summed E-state index contributed by atoms with van der Waals surface area (Å²) in [5, 5.41) is 0. The third-order valence-electron chi connectivity index (χ3n) is 6.81. The van der Waals surface area contributed by atoms with Gasteiger partial charge in [-0.25, -0.2) is 0 Å². The molecule has 3 aliphatic rings. The summed E-state index contributed by atoms with van der Waals surface area (Å²) in [6.45, 7) is 8.69. The fourth-order valence-electron chi connectivity index (χ4n) is 5.11. The summed E-state index contributed by atoms with van der Waals surface area (Å²) in [5.74, 6) is 1.21. The first-order valence-corrected chi connectivity index (χ1v) is 11.5. The van der Waals surface area contributed by atoms with E-state index in [1.807, 2.05) is 9.80 Å². The van der Waals surface area contributed by atoms with Crippen molar-refractivity contribution >= 4 is 11.8 Å². The Morgan fingerprint density at radius 2 is 1.79 bits per heavy atom. The average Bonchev–Trinajstić information content (AvgIpc) is 3.24. The molecule has 0 aromatic heterocycles. The van der Waals surface area contributed by atoms with Crippen LogP contribution >= 0.6 is 0 Å². The van der Waals surface area contributed by atoms with Crippen molar-refractivity contribution in [3.63, 3.8) is 0 Å². The molecule has 1 aliphatic carbocycles. The Hall–Kier alpha value is -1.14. The monoisotopic (exact) mass is 393 g/mol. The summed E-state index contributed by atoms with van der Waals surface area (Å²) < 4.78 is 5.40. The van der Waals surface area contributed by atoms with Gasteiger partial charge in [0, 0.05) is 58.7 Å². The van der Waals surface area contributed by atoms with Gasteiger partial charge < -0.3 is 14.5 Å². The number of piperidine rings is 1. The zero-order chi connectivity index (χ0) is 19.8. The topological polar surface area (TPSA) is 53.1 Å². The van der Waals surface area contributed by atoms with Gasteiger partial charge in [0.15, 0.2) is 0 Å². The van der Waals surface area contributed by atoms with Crippen LogP contribution in [-0.2, 0) is 14.3 Å². The van der Waals surface area contributed by atoms with Crippen molar-refractivity contribution in [2.45, 2.75) is 70.8 Å². The van der Waals surface area contributed by atoms with Crippen molar-refractivity contribution in [1.82, 2.24) is 14.7 Å². The van der Waals surface area contributed by atoms with Gasteiger partial charge in [-0.05, 0) is 31.6 Å². The second-order valence-electron chi connectivity index (χ2n) is 8.84. The summed E-state index contributed by atoms with van der Waals surface area (Å²) >= 11 is 0. The highest BCUT2D eigenvalue weighted by Gasteiger charge is 2.29. The van der Waals surface area contributed by atoms with Crippen LogP contribution in [0.1, 0.15) is 64.7 Å². The number of ether oxygens (including phenoxy) is 1. The molecule has 3 rings (SSSR count). The Kier molecular flexibility index (Phi) is 8.59. The van der Waals surface area contributed by atoms with E-state index >= 15 is 0 Å². The van der Waals surface area contributed by atoms with Crippen LogP contribution in [0, 0.1) is 5.92 Å². The van der Waals surface area contributed by atoms with Crippen molar-refractivity contribution in [3.05, 3.63) is 0 Å². The maximum Gasteiger partial charge on any atom is 0.222 e. The Morgan fingerprint density at radius 3 is 2.50 bits per heavy atom. The Balaban J connectivity index is 1.43. The number of carbonyl (C=O) groups is 2. The Labute approximate surface area is 170 Å². The third-order valence-corrected chi connectivity index (χ3v) is 6.81. The SMILES string of the molecule is CC(=O)N(CCCN1CCOCC1)C1CCCN(C(=O)CCC2CCCC2)C1. The highest BCUT2D eigenvalue weighted by molar-refractivity contribution is 5.77. The van der Waals surface area contributed by atoms with Crippen LogP contribution < -0.4 is 0 Å². The van der Waals surface area contributed by atoms with Gasteiger partial charge in [0.1, 0.15) is 0 Å². The largest absolute Gasteiger partial charge is 0.379 e. The molecule has 2 saturated heterocycles. The van der Waals surface area contributed by atoms with Gasteiger partial charge >= 0.3 is 0 Å². The molecule has 2 aliphatic heterocycles. The quantitative estimate of drug-likeness (QED) is 0.636. The minimum Gasteiger partial charge on any atom is -0.379 e. The molecule has 160 valence electrons. The molecule has 1 unspecified atom stereocenters. The number of nitrogens with zero attached hydrogens (tertiary/aromatic N) is 3. The molecule has 0 radical (unpaired) electrons. The van der Waals surface area contributed by atoms with Gasteiger partial charge in [0.25, 0.3) is 0 Å². The lowest BCUT2D eigenvalue weighted by Gasteiger charge is -2.39. The molecule has 28 heavy (non-hydrogen) atoms. The molecule has 1 atom stereocenters. The fourth-order valence-corrected chi connectivity index (χ4v) is 5.11. The highest BCUT2D eigenvalue weighted by Crippen LogP contribution is 2.29. The summed E-state index contributed by atoms with van der Waals surface area (Å²) in [6.07, 6.45) is 10.0. The molecule has 3 fully saturated rings. The zero-order valence-corrected chi connectivity index (χ0v) is 17.7. The summed E-state index contributed by atoms with van der Waals surface area (Å²) in [7, 11) is 0. The number of likely N-dealkylation sites (tertiary alicyclic amines) is 1. The lowest BCUT2D eigenvalue weighted by atomic mass is 9.99. The second kappa shape index (κ2) is 11.1. The van der Waals surface area contributed by atoms with E-state index in [1.54, 1.807) is 6.92 Å². The van der Waals surface area contributed by atoms with Crippen LogP contribution in [-0.4, -0.2) is 85.0 Å². The Morgan fingerprint density at radius 1 is 1.04 bits per heavy atom. The first-order valence-electron chi connectivity index (χ1n) is 11.5. The number of amides is 2. The fraction of sp³-hybridized carbons (Fsp3) is 0.909. The predicted octanol–water partition coefficient (Wildman–Crippen LogP) is 2.52. The van der Waals surface area contributed by atoms with Crippen LogP contribution in [0.15, 0.2) is 0 Å². The summed E-state index contributed by atoms with van der Waals surface area (Å²) in [4.78, 5) is 31.5. The number of hydrogen-bond donors (Lipinski definition) is 0. The number of carbonyl (C=O) groups excluding carboxylic acids is 2. The molecular formula is C22H39N3O3. The van der Waals surface area contributed by atoms with Crippen molar-refractivity contribution in [2.24, 2.45) is 5.92 Å². The minimum atomic E-state index is 0.146.